The first kappa shape index (κ1) is 23.0. The molecule has 2 aromatic rings. The molecule has 6 heteroatoms. The third-order valence-corrected chi connectivity index (χ3v) is 8.40. The molecule has 3 heterocycles. The topological polar surface area (TPSA) is 60.9 Å². The molecule has 1 aromatic carbocycles. The molecule has 1 N–H and O–H groups in total. The maximum atomic E-state index is 12.9. The van der Waals surface area contributed by atoms with Gasteiger partial charge < -0.3 is 14.9 Å². The zero-order chi connectivity index (χ0) is 22.8. The molecule has 0 spiro atoms. The second-order valence-electron chi connectivity index (χ2n) is 9.20. The summed E-state index contributed by atoms with van der Waals surface area (Å²) in [5.74, 6) is 0.344. The summed E-state index contributed by atoms with van der Waals surface area (Å²) in [4.78, 5) is 32.0. The molecule has 0 aliphatic carbocycles. The molecule has 172 valence electrons. The van der Waals surface area contributed by atoms with Crippen molar-refractivity contribution in [3.05, 3.63) is 50.2 Å². The fourth-order valence-electron chi connectivity index (χ4n) is 5.15. The minimum atomic E-state index is -0.00299. The zero-order valence-corrected chi connectivity index (χ0v) is 20.3. The number of aromatic hydroxyl groups is 1. The molecule has 0 radical (unpaired) electrons. The minimum Gasteiger partial charge on any atom is -0.507 e. The second-order valence-corrected chi connectivity index (χ2v) is 10.4. The average molecular weight is 455 g/mol. The van der Waals surface area contributed by atoms with Gasteiger partial charge in [0.25, 0.3) is 0 Å². The third-order valence-electron chi connectivity index (χ3n) is 7.08. The van der Waals surface area contributed by atoms with Gasteiger partial charge in [-0.1, -0.05) is 18.6 Å². The van der Waals surface area contributed by atoms with Crippen LogP contribution in [0.3, 0.4) is 0 Å². The Bertz CT molecular complexity index is 1000. The number of rotatable bonds is 6. The summed E-state index contributed by atoms with van der Waals surface area (Å²) in [5, 5.41) is 10.1. The number of nitrogens with zero attached hydrogens (tertiary/aromatic N) is 2. The van der Waals surface area contributed by atoms with Gasteiger partial charge in [-0.05, 0) is 75.4 Å². The SMILES string of the molecule is CCc1c(CCN2CCC(C(=O)c3cc(C)ccc3O)CC2)sc2c1CCN(C(C)=O)C2. The van der Waals surface area contributed by atoms with Crippen molar-refractivity contribution in [3.8, 4) is 5.75 Å². The van der Waals surface area contributed by atoms with Crippen molar-refractivity contribution in [3.63, 3.8) is 0 Å². The summed E-state index contributed by atoms with van der Waals surface area (Å²) in [6, 6.07) is 5.26. The van der Waals surface area contributed by atoms with E-state index in [0.717, 1.165) is 70.4 Å². The molecule has 0 unspecified atom stereocenters. The summed E-state index contributed by atoms with van der Waals surface area (Å²) in [6.45, 7) is 10.3. The van der Waals surface area contributed by atoms with E-state index in [1.54, 1.807) is 13.0 Å². The van der Waals surface area contributed by atoms with E-state index in [1.165, 1.54) is 20.9 Å². The molecular weight excluding hydrogens is 420 g/mol. The number of piperidine rings is 1. The number of aryl methyl sites for hydroxylation is 1. The van der Waals surface area contributed by atoms with Crippen LogP contribution in [0.4, 0.5) is 0 Å². The number of carbonyl (C=O) groups is 2. The lowest BCUT2D eigenvalue weighted by atomic mass is 9.88. The van der Waals surface area contributed by atoms with Crippen molar-refractivity contribution in [1.82, 2.24) is 9.80 Å². The first-order valence-corrected chi connectivity index (χ1v) is 12.6. The zero-order valence-electron chi connectivity index (χ0n) is 19.4. The van der Waals surface area contributed by atoms with Crippen molar-refractivity contribution in [2.24, 2.45) is 5.92 Å². The lowest BCUT2D eigenvalue weighted by Crippen LogP contribution is -2.37. The van der Waals surface area contributed by atoms with Crippen molar-refractivity contribution in [2.45, 2.75) is 59.4 Å². The molecule has 1 aromatic heterocycles. The number of benzene rings is 1. The van der Waals surface area contributed by atoms with E-state index in [4.69, 9.17) is 0 Å². The van der Waals surface area contributed by atoms with E-state index >= 15 is 0 Å². The fraction of sp³-hybridized carbons (Fsp3) is 0.538. The number of hydrogen-bond donors (Lipinski definition) is 1. The minimum absolute atomic E-state index is 0.00299. The van der Waals surface area contributed by atoms with Gasteiger partial charge in [0.2, 0.25) is 5.91 Å². The van der Waals surface area contributed by atoms with E-state index < -0.39 is 0 Å². The van der Waals surface area contributed by atoms with Crippen LogP contribution >= 0.6 is 11.3 Å². The maximum Gasteiger partial charge on any atom is 0.219 e. The summed E-state index contributed by atoms with van der Waals surface area (Å²) in [5.41, 5.74) is 4.47. The van der Waals surface area contributed by atoms with Crippen molar-refractivity contribution < 1.29 is 14.7 Å². The number of Topliss-reactive ketones (excluding diaryl/α,β-unsaturated/α-hetero) is 1. The van der Waals surface area contributed by atoms with Gasteiger partial charge in [0.15, 0.2) is 5.78 Å². The Balaban J connectivity index is 1.34. The number of thiophene rings is 1. The van der Waals surface area contributed by atoms with Crippen LogP contribution in [0.25, 0.3) is 0 Å². The van der Waals surface area contributed by atoms with Crippen LogP contribution in [0.5, 0.6) is 5.75 Å². The van der Waals surface area contributed by atoms with Gasteiger partial charge in [-0.3, -0.25) is 9.59 Å². The smallest absolute Gasteiger partial charge is 0.219 e. The predicted octanol–water partition coefficient (Wildman–Crippen LogP) is 4.37. The second kappa shape index (κ2) is 9.75. The molecule has 1 amide bonds. The molecule has 32 heavy (non-hydrogen) atoms. The van der Waals surface area contributed by atoms with Crippen LogP contribution in [0, 0.1) is 12.8 Å². The molecule has 0 saturated carbocycles. The fourth-order valence-corrected chi connectivity index (χ4v) is 6.60. The Morgan fingerprint density at radius 2 is 1.94 bits per heavy atom. The van der Waals surface area contributed by atoms with Gasteiger partial charge in [0.05, 0.1) is 12.1 Å². The number of fused-ring (bicyclic) bond motifs is 1. The lowest BCUT2D eigenvalue weighted by Gasteiger charge is -2.31. The van der Waals surface area contributed by atoms with E-state index in [0.29, 0.717) is 5.56 Å². The van der Waals surface area contributed by atoms with Crippen LogP contribution in [-0.4, -0.2) is 52.8 Å². The van der Waals surface area contributed by atoms with E-state index in [1.807, 2.05) is 35.3 Å². The monoisotopic (exact) mass is 454 g/mol. The highest BCUT2D eigenvalue weighted by Crippen LogP contribution is 2.34. The van der Waals surface area contributed by atoms with Crippen molar-refractivity contribution >= 4 is 23.0 Å². The van der Waals surface area contributed by atoms with Gasteiger partial charge in [-0.15, -0.1) is 11.3 Å². The van der Waals surface area contributed by atoms with E-state index in [-0.39, 0.29) is 23.4 Å². The molecule has 2 aliphatic rings. The first-order chi connectivity index (χ1) is 15.4. The first-order valence-electron chi connectivity index (χ1n) is 11.8. The highest BCUT2D eigenvalue weighted by Gasteiger charge is 2.28. The number of ketones is 1. The Labute approximate surface area is 195 Å². The van der Waals surface area contributed by atoms with Crippen LogP contribution in [-0.2, 0) is 30.6 Å². The Kier molecular flexibility index (Phi) is 7.01. The van der Waals surface area contributed by atoms with E-state index in [2.05, 4.69) is 11.8 Å². The molecule has 1 saturated heterocycles. The predicted molar refractivity (Wildman–Crippen MR) is 129 cm³/mol. The maximum absolute atomic E-state index is 12.9. The Hall–Kier alpha value is -2.18. The number of likely N-dealkylation sites (tertiary alicyclic amines) is 1. The molecule has 4 rings (SSSR count). The molecule has 2 aliphatic heterocycles. The molecule has 0 atom stereocenters. The van der Waals surface area contributed by atoms with Gasteiger partial charge >= 0.3 is 0 Å². The average Bonchev–Trinajstić information content (AvgIpc) is 3.15. The van der Waals surface area contributed by atoms with Gasteiger partial charge in [0.1, 0.15) is 5.75 Å². The van der Waals surface area contributed by atoms with E-state index in [9.17, 15) is 14.7 Å². The number of amides is 1. The summed E-state index contributed by atoms with van der Waals surface area (Å²) in [7, 11) is 0. The highest BCUT2D eigenvalue weighted by atomic mass is 32.1. The largest absolute Gasteiger partial charge is 0.507 e. The summed E-state index contributed by atoms with van der Waals surface area (Å²) in [6.07, 6.45) is 4.77. The lowest BCUT2D eigenvalue weighted by molar-refractivity contribution is -0.129. The molecule has 5 nitrogen and oxygen atoms in total. The van der Waals surface area contributed by atoms with Crippen LogP contribution < -0.4 is 0 Å². The molecule has 0 bridgehead atoms. The third kappa shape index (κ3) is 4.76. The Morgan fingerprint density at radius 3 is 2.62 bits per heavy atom. The number of phenols is 1. The Morgan fingerprint density at radius 1 is 1.19 bits per heavy atom. The van der Waals surface area contributed by atoms with Crippen LogP contribution in [0.1, 0.15) is 63.5 Å². The van der Waals surface area contributed by atoms with Crippen LogP contribution in [0.2, 0.25) is 0 Å². The normalized spacial score (nSPS) is 17.4. The molecule has 1 fully saturated rings. The molecular formula is C26H34N2O3S. The standard InChI is InChI=1S/C26H34N2O3S/c1-4-20-21-9-14-28(18(3)29)16-25(21)32-24(20)10-13-27-11-7-19(8-12-27)26(31)22-15-17(2)5-6-23(22)30/h5-6,15,19,30H,4,7-14,16H2,1-3H3. The summed E-state index contributed by atoms with van der Waals surface area (Å²) < 4.78 is 0. The highest BCUT2D eigenvalue weighted by molar-refractivity contribution is 7.12. The quantitative estimate of drug-likeness (QED) is 0.659. The van der Waals surface area contributed by atoms with Crippen molar-refractivity contribution in [1.29, 1.82) is 0 Å². The van der Waals surface area contributed by atoms with Gasteiger partial charge in [-0.25, -0.2) is 0 Å². The van der Waals surface area contributed by atoms with Crippen molar-refractivity contribution in [2.75, 3.05) is 26.2 Å². The van der Waals surface area contributed by atoms with Crippen LogP contribution in [0.15, 0.2) is 18.2 Å². The van der Waals surface area contributed by atoms with Gasteiger partial charge in [0, 0.05) is 35.7 Å². The number of phenolic OH excluding ortho intramolecular Hbond substituents is 1. The number of carbonyl (C=O) groups excluding carboxylic acids is 2. The number of hydrogen-bond acceptors (Lipinski definition) is 5. The van der Waals surface area contributed by atoms with Gasteiger partial charge in [-0.2, -0.15) is 0 Å². The summed E-state index contributed by atoms with van der Waals surface area (Å²) >= 11 is 1.90.